The number of hydrogen-bond donors (Lipinski definition) is 1. The number of hydrogen-bond acceptors (Lipinski definition) is 4. The van der Waals surface area contributed by atoms with Gasteiger partial charge in [-0.15, -0.1) is 11.3 Å². The van der Waals surface area contributed by atoms with Crippen LogP contribution in [0.3, 0.4) is 0 Å². The second-order valence-electron chi connectivity index (χ2n) is 4.20. The summed E-state index contributed by atoms with van der Waals surface area (Å²) in [6.45, 7) is 0.804. The lowest BCUT2D eigenvalue weighted by Crippen LogP contribution is -1.99. The highest BCUT2D eigenvalue weighted by Crippen LogP contribution is 2.26. The summed E-state index contributed by atoms with van der Waals surface area (Å²) in [5.41, 5.74) is 2.31. The molecule has 0 saturated heterocycles. The Morgan fingerprint density at radius 1 is 1.21 bits per heavy atom. The molecule has 96 valence electrons. The molecule has 3 aromatic rings. The van der Waals surface area contributed by atoms with E-state index in [-0.39, 0.29) is 0 Å². The van der Waals surface area contributed by atoms with Crippen LogP contribution in [0.5, 0.6) is 5.88 Å². The van der Waals surface area contributed by atoms with Gasteiger partial charge < -0.3 is 10.1 Å². The van der Waals surface area contributed by atoms with Crippen LogP contribution in [0.15, 0.2) is 48.0 Å². The fourth-order valence-corrected chi connectivity index (χ4v) is 2.94. The predicted octanol–water partition coefficient (Wildman–Crippen LogP) is 3.92. The topological polar surface area (TPSA) is 34.1 Å². The summed E-state index contributed by atoms with van der Waals surface area (Å²) in [5, 5.41) is 6.90. The van der Waals surface area contributed by atoms with Gasteiger partial charge in [0.05, 0.1) is 19.0 Å². The average Bonchev–Trinajstić information content (AvgIpc) is 2.89. The van der Waals surface area contributed by atoms with Gasteiger partial charge in [-0.25, -0.2) is 4.98 Å². The Kier molecular flexibility index (Phi) is 3.33. The summed E-state index contributed by atoms with van der Waals surface area (Å²) in [6.07, 6.45) is 1.79. The van der Waals surface area contributed by atoms with Crippen molar-refractivity contribution in [1.82, 2.24) is 4.98 Å². The molecule has 1 aromatic carbocycles. The number of nitrogens with zero attached hydrogens (tertiary/aromatic N) is 1. The first-order valence-corrected chi connectivity index (χ1v) is 6.94. The minimum absolute atomic E-state index is 0.631. The Labute approximate surface area is 115 Å². The number of pyridine rings is 1. The lowest BCUT2D eigenvalue weighted by molar-refractivity contribution is 0.398. The molecule has 1 N–H and O–H groups in total. The van der Waals surface area contributed by atoms with Crippen LogP contribution in [0, 0.1) is 0 Å². The van der Waals surface area contributed by atoms with Gasteiger partial charge in [0.2, 0.25) is 5.88 Å². The molecule has 0 aliphatic rings. The largest absolute Gasteiger partial charge is 0.481 e. The number of ether oxygens (including phenoxy) is 1. The van der Waals surface area contributed by atoms with E-state index in [0.29, 0.717) is 5.88 Å². The smallest absolute Gasteiger partial charge is 0.213 e. The highest BCUT2D eigenvalue weighted by Gasteiger charge is 2.03. The Balaban J connectivity index is 1.74. The van der Waals surface area contributed by atoms with Crippen molar-refractivity contribution in [2.45, 2.75) is 6.54 Å². The van der Waals surface area contributed by atoms with Gasteiger partial charge in [-0.1, -0.05) is 18.2 Å². The summed E-state index contributed by atoms with van der Waals surface area (Å²) in [7, 11) is 1.62. The third-order valence-electron chi connectivity index (χ3n) is 2.99. The van der Waals surface area contributed by atoms with Crippen molar-refractivity contribution < 1.29 is 4.74 Å². The van der Waals surface area contributed by atoms with Gasteiger partial charge in [-0.3, -0.25) is 0 Å². The maximum Gasteiger partial charge on any atom is 0.213 e. The monoisotopic (exact) mass is 270 g/mol. The van der Waals surface area contributed by atoms with Gasteiger partial charge >= 0.3 is 0 Å². The molecule has 0 fully saturated rings. The molecule has 3 rings (SSSR count). The number of benzene rings is 1. The molecule has 3 nitrogen and oxygen atoms in total. The summed E-state index contributed by atoms with van der Waals surface area (Å²) in [5.74, 6) is 0.631. The van der Waals surface area contributed by atoms with E-state index in [9.17, 15) is 0 Å². The van der Waals surface area contributed by atoms with Crippen molar-refractivity contribution in [2.24, 2.45) is 0 Å². The zero-order valence-corrected chi connectivity index (χ0v) is 11.4. The molecule has 0 aliphatic carbocycles. The number of rotatable bonds is 4. The summed E-state index contributed by atoms with van der Waals surface area (Å²) < 4.78 is 6.37. The third kappa shape index (κ3) is 2.53. The third-order valence-corrected chi connectivity index (χ3v) is 4.00. The van der Waals surface area contributed by atoms with Gasteiger partial charge in [0, 0.05) is 17.3 Å². The highest BCUT2D eigenvalue weighted by atomic mass is 32.1. The predicted molar refractivity (Wildman–Crippen MR) is 79.9 cm³/mol. The summed E-state index contributed by atoms with van der Waals surface area (Å²) in [4.78, 5) is 4.18. The molecule has 0 atom stereocenters. The van der Waals surface area contributed by atoms with Crippen LogP contribution in [0.25, 0.3) is 10.1 Å². The summed E-state index contributed by atoms with van der Waals surface area (Å²) in [6, 6.07) is 12.3. The van der Waals surface area contributed by atoms with Crippen LogP contribution in [0.2, 0.25) is 0 Å². The fourth-order valence-electron chi connectivity index (χ4n) is 1.97. The number of aromatic nitrogens is 1. The zero-order valence-electron chi connectivity index (χ0n) is 10.6. The molecule has 0 spiro atoms. The van der Waals surface area contributed by atoms with E-state index < -0.39 is 0 Å². The van der Waals surface area contributed by atoms with Crippen molar-refractivity contribution >= 4 is 27.1 Å². The van der Waals surface area contributed by atoms with Crippen molar-refractivity contribution in [3.05, 3.63) is 53.5 Å². The zero-order chi connectivity index (χ0) is 13.1. The van der Waals surface area contributed by atoms with Gasteiger partial charge in [-0.2, -0.15) is 0 Å². The number of fused-ring (bicyclic) bond motifs is 1. The Morgan fingerprint density at radius 2 is 2.11 bits per heavy atom. The number of methoxy groups -OCH3 is 1. The van der Waals surface area contributed by atoms with Crippen LogP contribution in [-0.4, -0.2) is 12.1 Å². The Hall–Kier alpha value is -2.07. The quantitative estimate of drug-likeness (QED) is 0.780. The van der Waals surface area contributed by atoms with Crippen LogP contribution >= 0.6 is 11.3 Å². The minimum atomic E-state index is 0.631. The normalized spacial score (nSPS) is 10.6. The van der Waals surface area contributed by atoms with E-state index >= 15 is 0 Å². The Morgan fingerprint density at radius 3 is 2.89 bits per heavy atom. The van der Waals surface area contributed by atoms with E-state index in [2.05, 4.69) is 39.9 Å². The molecule has 2 aromatic heterocycles. The van der Waals surface area contributed by atoms with Gasteiger partial charge in [0.15, 0.2) is 0 Å². The molecule has 2 heterocycles. The first kappa shape index (κ1) is 12.0. The highest BCUT2D eigenvalue weighted by molar-refractivity contribution is 7.17. The molecule has 4 heteroatoms. The summed E-state index contributed by atoms with van der Waals surface area (Å²) >= 11 is 1.78. The van der Waals surface area contributed by atoms with E-state index in [1.807, 2.05) is 12.1 Å². The molecular weight excluding hydrogens is 256 g/mol. The number of anilines is 1. The molecule has 0 radical (unpaired) electrons. The first-order valence-electron chi connectivity index (χ1n) is 6.06. The average molecular weight is 270 g/mol. The molecule has 0 aliphatic heterocycles. The van der Waals surface area contributed by atoms with Gasteiger partial charge in [0.1, 0.15) is 0 Å². The van der Waals surface area contributed by atoms with Crippen LogP contribution in [0.4, 0.5) is 5.69 Å². The van der Waals surface area contributed by atoms with Gasteiger partial charge in [-0.05, 0) is 28.5 Å². The molecule has 19 heavy (non-hydrogen) atoms. The Bertz CT molecular complexity index is 676. The number of thiophene rings is 1. The maximum absolute atomic E-state index is 5.04. The number of nitrogens with one attached hydrogen (secondary N) is 1. The lowest BCUT2D eigenvalue weighted by atomic mass is 10.2. The second-order valence-corrected chi connectivity index (χ2v) is 5.11. The van der Waals surface area contributed by atoms with Crippen molar-refractivity contribution in [1.29, 1.82) is 0 Å². The van der Waals surface area contributed by atoms with E-state index in [0.717, 1.165) is 12.2 Å². The SMILES string of the molecule is COc1ccc(NCc2csc3ccccc23)cn1. The second kappa shape index (κ2) is 5.28. The molecule has 0 amide bonds. The minimum Gasteiger partial charge on any atom is -0.481 e. The van der Waals surface area contributed by atoms with Crippen LogP contribution < -0.4 is 10.1 Å². The van der Waals surface area contributed by atoms with Gasteiger partial charge in [0.25, 0.3) is 0 Å². The van der Waals surface area contributed by atoms with E-state index in [4.69, 9.17) is 4.74 Å². The van der Waals surface area contributed by atoms with Crippen LogP contribution in [0.1, 0.15) is 5.56 Å². The van der Waals surface area contributed by atoms with E-state index in [1.165, 1.54) is 15.6 Å². The maximum atomic E-state index is 5.04. The van der Waals surface area contributed by atoms with Crippen LogP contribution in [-0.2, 0) is 6.54 Å². The van der Waals surface area contributed by atoms with Crippen molar-refractivity contribution in [3.8, 4) is 5.88 Å². The molecule has 0 saturated carbocycles. The standard InChI is InChI=1S/C15H14N2OS/c1-18-15-7-6-12(9-17-15)16-8-11-10-19-14-5-3-2-4-13(11)14/h2-7,9-10,16H,8H2,1H3. The van der Waals surface area contributed by atoms with E-state index in [1.54, 1.807) is 24.6 Å². The first-order chi connectivity index (χ1) is 9.36. The molecule has 0 bridgehead atoms. The van der Waals surface area contributed by atoms with Crippen molar-refractivity contribution in [3.63, 3.8) is 0 Å². The lowest BCUT2D eigenvalue weighted by Gasteiger charge is -2.06. The molecular formula is C15H14N2OS. The molecule has 0 unspecified atom stereocenters. The van der Waals surface area contributed by atoms with Crippen molar-refractivity contribution in [2.75, 3.05) is 12.4 Å². The fraction of sp³-hybridized carbons (Fsp3) is 0.133.